The second-order valence-corrected chi connectivity index (χ2v) is 8.80. The number of hydrogen-bond donors (Lipinski definition) is 2. The van der Waals surface area contributed by atoms with Gasteiger partial charge in [0.1, 0.15) is 10.6 Å². The monoisotopic (exact) mass is 462 g/mol. The number of aryl methyl sites for hydroxylation is 2. The molecule has 29 heavy (non-hydrogen) atoms. The summed E-state index contributed by atoms with van der Waals surface area (Å²) >= 11 is 12.0. The van der Waals surface area contributed by atoms with Gasteiger partial charge in [0.15, 0.2) is 5.76 Å². The van der Waals surface area contributed by atoms with Crippen molar-refractivity contribution in [3.05, 3.63) is 39.7 Å². The number of para-hydroxylation sites is 1. The first-order valence-electron chi connectivity index (χ1n) is 8.38. The summed E-state index contributed by atoms with van der Waals surface area (Å²) in [4.78, 5) is 25.7. The molecule has 1 aromatic heterocycles. The lowest BCUT2D eigenvalue weighted by Gasteiger charge is -2.22. The molecule has 0 aliphatic rings. The van der Waals surface area contributed by atoms with Crippen molar-refractivity contribution in [3.8, 4) is 0 Å². The summed E-state index contributed by atoms with van der Waals surface area (Å²) in [6.45, 7) is 3.97. The maximum atomic E-state index is 12.5. The van der Waals surface area contributed by atoms with Crippen LogP contribution in [0.2, 0.25) is 10.0 Å². The fourth-order valence-corrected chi connectivity index (χ4v) is 4.64. The molecule has 12 heteroatoms. The molecule has 0 spiro atoms. The Kier molecular flexibility index (Phi) is 7.28. The van der Waals surface area contributed by atoms with E-state index in [1.165, 1.54) is 27.8 Å². The zero-order valence-electron chi connectivity index (χ0n) is 16.1. The molecular formula is C17H20Cl2N4O5S. The number of hydrogen-bond acceptors (Lipinski definition) is 6. The van der Waals surface area contributed by atoms with Gasteiger partial charge < -0.3 is 14.7 Å². The van der Waals surface area contributed by atoms with E-state index >= 15 is 0 Å². The molecule has 0 unspecified atom stereocenters. The summed E-state index contributed by atoms with van der Waals surface area (Å²) in [5, 5.41) is 6.63. The Morgan fingerprint density at radius 2 is 1.83 bits per heavy atom. The summed E-state index contributed by atoms with van der Waals surface area (Å²) in [5.41, 5.74) is 0.410. The highest BCUT2D eigenvalue weighted by atomic mass is 35.5. The summed E-state index contributed by atoms with van der Waals surface area (Å²) in [6, 6.07) is 3.62. The fraction of sp³-hybridized carbons (Fsp3) is 0.353. The summed E-state index contributed by atoms with van der Waals surface area (Å²) in [5.74, 6) is -1.05. The largest absolute Gasteiger partial charge is 0.360 e. The van der Waals surface area contributed by atoms with E-state index in [1.54, 1.807) is 18.2 Å². The topological polar surface area (TPSA) is 122 Å². The minimum Gasteiger partial charge on any atom is -0.360 e. The first-order valence-corrected chi connectivity index (χ1v) is 10.6. The first kappa shape index (κ1) is 23.1. The minimum atomic E-state index is -4.03. The highest BCUT2D eigenvalue weighted by molar-refractivity contribution is 7.89. The van der Waals surface area contributed by atoms with Gasteiger partial charge in [-0.2, -0.15) is 4.72 Å². The predicted molar refractivity (Wildman–Crippen MR) is 108 cm³/mol. The molecule has 0 aliphatic heterocycles. The molecule has 9 nitrogen and oxygen atoms in total. The van der Waals surface area contributed by atoms with Gasteiger partial charge in [0.2, 0.25) is 21.8 Å². The summed E-state index contributed by atoms with van der Waals surface area (Å²) < 4.78 is 32.2. The number of amides is 2. The molecule has 0 fully saturated rings. The molecule has 0 aliphatic carbocycles. The molecule has 2 amide bonds. The van der Waals surface area contributed by atoms with Crippen LogP contribution >= 0.6 is 23.2 Å². The third-order valence-electron chi connectivity index (χ3n) is 3.92. The number of benzene rings is 1. The van der Waals surface area contributed by atoms with Crippen molar-refractivity contribution >= 4 is 50.7 Å². The summed E-state index contributed by atoms with van der Waals surface area (Å²) in [7, 11) is -2.66. The molecule has 0 radical (unpaired) electrons. The Morgan fingerprint density at radius 1 is 1.24 bits per heavy atom. The van der Waals surface area contributed by atoms with Gasteiger partial charge in [-0.05, 0) is 32.9 Å². The van der Waals surface area contributed by atoms with Crippen LogP contribution in [0.5, 0.6) is 0 Å². The Bertz CT molecular complexity index is 999. The number of nitrogens with one attached hydrogen (secondary N) is 2. The second kappa shape index (κ2) is 9.12. The van der Waals surface area contributed by atoms with Gasteiger partial charge >= 0.3 is 0 Å². The lowest BCUT2D eigenvalue weighted by atomic mass is 10.3. The molecule has 158 valence electrons. The lowest BCUT2D eigenvalue weighted by molar-refractivity contribution is -0.134. The first-order chi connectivity index (χ1) is 13.4. The molecule has 0 bridgehead atoms. The minimum absolute atomic E-state index is 0.110. The Labute approximate surface area is 178 Å². The number of carbonyl (C=O) groups is 2. The molecule has 1 aromatic carbocycles. The second-order valence-electron chi connectivity index (χ2n) is 6.34. The number of sulfonamides is 1. The van der Waals surface area contributed by atoms with Gasteiger partial charge in [-0.3, -0.25) is 9.59 Å². The van der Waals surface area contributed by atoms with Crippen molar-refractivity contribution in [2.24, 2.45) is 0 Å². The molecule has 2 N–H and O–H groups in total. The maximum Gasteiger partial charge on any atom is 0.246 e. The highest BCUT2D eigenvalue weighted by Crippen LogP contribution is 2.29. The molecular weight excluding hydrogens is 443 g/mol. The summed E-state index contributed by atoms with van der Waals surface area (Å²) in [6.07, 6.45) is 0. The predicted octanol–water partition coefficient (Wildman–Crippen LogP) is 2.36. The van der Waals surface area contributed by atoms with Crippen molar-refractivity contribution in [2.75, 3.05) is 18.9 Å². The van der Waals surface area contributed by atoms with E-state index in [1.807, 2.05) is 0 Å². The van der Waals surface area contributed by atoms with Crippen LogP contribution in [0.15, 0.2) is 27.6 Å². The van der Waals surface area contributed by atoms with E-state index in [4.69, 9.17) is 27.7 Å². The highest BCUT2D eigenvalue weighted by Gasteiger charge is 2.29. The van der Waals surface area contributed by atoms with Gasteiger partial charge in [0, 0.05) is 7.05 Å². The van der Waals surface area contributed by atoms with Gasteiger partial charge in [-0.25, -0.2) is 8.42 Å². The smallest absolute Gasteiger partial charge is 0.246 e. The van der Waals surface area contributed by atoms with Crippen molar-refractivity contribution in [3.63, 3.8) is 0 Å². The molecule has 1 atom stereocenters. The molecule has 2 aromatic rings. The Morgan fingerprint density at radius 3 is 2.34 bits per heavy atom. The quantitative estimate of drug-likeness (QED) is 0.650. The number of aromatic nitrogens is 1. The van der Waals surface area contributed by atoms with E-state index in [0.717, 1.165) is 4.90 Å². The number of halogens is 2. The zero-order chi connectivity index (χ0) is 21.9. The molecule has 2 rings (SSSR count). The molecule has 1 heterocycles. The van der Waals surface area contributed by atoms with Crippen LogP contribution < -0.4 is 10.0 Å². The van der Waals surface area contributed by atoms with Crippen molar-refractivity contribution in [1.29, 1.82) is 0 Å². The normalized spacial score (nSPS) is 12.5. The Balaban J connectivity index is 2.03. The lowest BCUT2D eigenvalue weighted by Crippen LogP contribution is -2.47. The fourth-order valence-electron chi connectivity index (χ4n) is 2.62. The van der Waals surface area contributed by atoms with E-state index in [-0.39, 0.29) is 38.6 Å². The SMILES string of the molecule is Cc1noc(C)c1S(=O)(=O)N[C@@H](C)C(=O)N(C)CC(=O)Nc1c(Cl)cccc1Cl. The third kappa shape index (κ3) is 5.47. The Hall–Kier alpha value is -2.14. The van der Waals surface area contributed by atoms with Crippen LogP contribution in [-0.2, 0) is 19.6 Å². The standard InChI is InChI=1S/C17H20Cl2N4O5S/c1-9-16(11(3)28-21-9)29(26,27)22-10(2)17(25)23(4)8-14(24)20-15-12(18)6-5-7-13(15)19/h5-7,10,22H,8H2,1-4H3,(H,20,24)/t10-/m0/s1. The van der Waals surface area contributed by atoms with Crippen LogP contribution in [0.1, 0.15) is 18.4 Å². The number of carbonyl (C=O) groups excluding carboxylic acids is 2. The van der Waals surface area contributed by atoms with Crippen LogP contribution in [0, 0.1) is 13.8 Å². The van der Waals surface area contributed by atoms with Crippen LogP contribution in [0.4, 0.5) is 5.69 Å². The number of nitrogens with zero attached hydrogens (tertiary/aromatic N) is 2. The maximum absolute atomic E-state index is 12.5. The number of anilines is 1. The van der Waals surface area contributed by atoms with E-state index in [0.29, 0.717) is 0 Å². The van der Waals surface area contributed by atoms with Crippen molar-refractivity contribution < 1.29 is 22.5 Å². The number of likely N-dealkylation sites (N-methyl/N-ethyl adjacent to an activating group) is 1. The van der Waals surface area contributed by atoms with Crippen molar-refractivity contribution in [2.45, 2.75) is 31.7 Å². The van der Waals surface area contributed by atoms with E-state index in [9.17, 15) is 18.0 Å². The van der Waals surface area contributed by atoms with E-state index < -0.39 is 27.9 Å². The molecule has 0 saturated carbocycles. The van der Waals surface area contributed by atoms with Crippen LogP contribution in [-0.4, -0.2) is 49.9 Å². The van der Waals surface area contributed by atoms with Gasteiger partial charge in [-0.15, -0.1) is 0 Å². The average molecular weight is 463 g/mol. The van der Waals surface area contributed by atoms with Crippen LogP contribution in [0.3, 0.4) is 0 Å². The third-order valence-corrected chi connectivity index (χ3v) is 6.34. The molecule has 0 saturated heterocycles. The number of rotatable bonds is 7. The van der Waals surface area contributed by atoms with Gasteiger partial charge in [0.05, 0.1) is 28.3 Å². The zero-order valence-corrected chi connectivity index (χ0v) is 18.4. The van der Waals surface area contributed by atoms with Crippen LogP contribution in [0.25, 0.3) is 0 Å². The average Bonchev–Trinajstić information content (AvgIpc) is 2.96. The van der Waals surface area contributed by atoms with Crippen molar-refractivity contribution in [1.82, 2.24) is 14.8 Å². The van der Waals surface area contributed by atoms with E-state index in [2.05, 4.69) is 15.2 Å². The van der Waals surface area contributed by atoms with Gasteiger partial charge in [-0.1, -0.05) is 34.4 Å². The van der Waals surface area contributed by atoms with Gasteiger partial charge in [0.25, 0.3) is 0 Å².